The number of carbonyl (C=O) groups excluding carboxylic acids is 1. The van der Waals surface area contributed by atoms with Crippen LogP contribution >= 0.6 is 0 Å². The molecule has 1 unspecified atom stereocenters. The van der Waals surface area contributed by atoms with Crippen LogP contribution in [0.4, 0.5) is 0 Å². The van der Waals surface area contributed by atoms with Crippen molar-refractivity contribution < 1.29 is 19.4 Å². The Labute approximate surface area is 122 Å². The van der Waals surface area contributed by atoms with E-state index in [4.69, 9.17) is 9.84 Å². The molecule has 1 aliphatic rings. The molecule has 0 aliphatic heterocycles. The molecule has 20 heavy (non-hydrogen) atoms. The van der Waals surface area contributed by atoms with E-state index in [1.807, 2.05) is 20.8 Å². The Hall–Kier alpha value is -1.06. The number of hydrogen-bond acceptors (Lipinski definition) is 3. The molecule has 0 aromatic rings. The van der Waals surface area contributed by atoms with Crippen LogP contribution in [0.5, 0.6) is 0 Å². The minimum atomic E-state index is -0.713. The molecule has 0 spiro atoms. The number of aliphatic carboxylic acids is 1. The smallest absolute Gasteiger partial charge is 0.308 e. The van der Waals surface area contributed by atoms with Gasteiger partial charge in [-0.15, -0.1) is 0 Å². The SMILES string of the molecule is CC(C)CC(=O)O.CCOC(=O)C1CCCC(C)(C)C1. The monoisotopic (exact) mass is 286 g/mol. The minimum Gasteiger partial charge on any atom is -0.481 e. The predicted octanol–water partition coefficient (Wildman–Crippen LogP) is 3.88. The van der Waals surface area contributed by atoms with Crippen LogP contribution in [0.3, 0.4) is 0 Å². The number of esters is 1. The van der Waals surface area contributed by atoms with Crippen molar-refractivity contribution in [2.45, 2.75) is 66.7 Å². The summed E-state index contributed by atoms with van der Waals surface area (Å²) in [6.45, 7) is 10.6. The summed E-state index contributed by atoms with van der Waals surface area (Å²) in [7, 11) is 0. The second-order valence-electron chi connectivity index (χ2n) is 6.70. The van der Waals surface area contributed by atoms with Crippen LogP contribution in [0, 0.1) is 17.3 Å². The summed E-state index contributed by atoms with van der Waals surface area (Å²) in [5.74, 6) is -0.272. The van der Waals surface area contributed by atoms with Gasteiger partial charge < -0.3 is 9.84 Å². The van der Waals surface area contributed by atoms with Crippen molar-refractivity contribution in [1.29, 1.82) is 0 Å². The Morgan fingerprint density at radius 2 is 1.95 bits per heavy atom. The zero-order valence-corrected chi connectivity index (χ0v) is 13.6. The Morgan fingerprint density at radius 3 is 2.30 bits per heavy atom. The maximum Gasteiger partial charge on any atom is 0.308 e. The Morgan fingerprint density at radius 1 is 1.35 bits per heavy atom. The maximum atomic E-state index is 11.5. The second kappa shape index (κ2) is 8.98. The Bertz CT molecular complexity index is 308. The average Bonchev–Trinajstić information content (AvgIpc) is 2.26. The van der Waals surface area contributed by atoms with Crippen LogP contribution in [0.1, 0.15) is 66.7 Å². The molecule has 0 heterocycles. The third-order valence-corrected chi connectivity index (χ3v) is 3.41. The first-order chi connectivity index (χ1) is 9.18. The molecule has 118 valence electrons. The number of carboxylic acid groups (broad SMARTS) is 1. The lowest BCUT2D eigenvalue weighted by Gasteiger charge is -2.33. The fraction of sp³-hybridized carbons (Fsp3) is 0.875. The predicted molar refractivity (Wildman–Crippen MR) is 79.5 cm³/mol. The normalized spacial score (nSPS) is 20.8. The second-order valence-corrected chi connectivity index (χ2v) is 6.70. The standard InChI is InChI=1S/C11H20O2.C5H10O2/c1-4-13-10(12)9-6-5-7-11(2,3)8-9;1-4(2)3-5(6)7/h9H,4-8H2,1-3H3;4H,3H2,1-2H3,(H,6,7). The molecule has 1 fully saturated rings. The van der Waals surface area contributed by atoms with Gasteiger partial charge in [0.1, 0.15) is 0 Å². The van der Waals surface area contributed by atoms with Gasteiger partial charge in [-0.2, -0.15) is 0 Å². The van der Waals surface area contributed by atoms with Crippen molar-refractivity contribution in [3.63, 3.8) is 0 Å². The molecule has 1 aliphatic carbocycles. The Balaban J connectivity index is 0.000000441. The van der Waals surface area contributed by atoms with Crippen LogP contribution in [-0.4, -0.2) is 23.7 Å². The first-order valence-corrected chi connectivity index (χ1v) is 7.56. The van der Waals surface area contributed by atoms with E-state index in [1.165, 1.54) is 6.42 Å². The molecule has 4 nitrogen and oxygen atoms in total. The van der Waals surface area contributed by atoms with Crippen LogP contribution in [0.2, 0.25) is 0 Å². The average molecular weight is 286 g/mol. The van der Waals surface area contributed by atoms with Crippen LogP contribution < -0.4 is 0 Å². The molecule has 1 atom stereocenters. The third kappa shape index (κ3) is 8.94. The zero-order valence-electron chi connectivity index (χ0n) is 13.6. The summed E-state index contributed by atoms with van der Waals surface area (Å²) in [5.41, 5.74) is 0.329. The fourth-order valence-electron chi connectivity index (χ4n) is 2.51. The highest BCUT2D eigenvalue weighted by Gasteiger charge is 2.32. The van der Waals surface area contributed by atoms with E-state index in [0.29, 0.717) is 12.0 Å². The molecular formula is C16H30O4. The quantitative estimate of drug-likeness (QED) is 0.796. The third-order valence-electron chi connectivity index (χ3n) is 3.41. The van der Waals surface area contributed by atoms with E-state index < -0.39 is 5.97 Å². The first kappa shape index (κ1) is 18.9. The number of carboxylic acids is 1. The van der Waals surface area contributed by atoms with Gasteiger partial charge in [0, 0.05) is 6.42 Å². The number of hydrogen-bond donors (Lipinski definition) is 1. The van der Waals surface area contributed by atoms with Gasteiger partial charge in [0.25, 0.3) is 0 Å². The van der Waals surface area contributed by atoms with E-state index in [1.54, 1.807) is 0 Å². The zero-order chi connectivity index (χ0) is 15.8. The molecule has 4 heteroatoms. The summed E-state index contributed by atoms with van der Waals surface area (Å²) in [4.78, 5) is 21.3. The molecule has 0 bridgehead atoms. The fourth-order valence-corrected chi connectivity index (χ4v) is 2.51. The summed E-state index contributed by atoms with van der Waals surface area (Å²) in [6, 6.07) is 0. The molecule has 1 N–H and O–H groups in total. The van der Waals surface area contributed by atoms with Crippen molar-refractivity contribution in [3.8, 4) is 0 Å². The molecule has 0 aromatic carbocycles. The van der Waals surface area contributed by atoms with Crippen molar-refractivity contribution in [1.82, 2.24) is 0 Å². The number of rotatable bonds is 4. The molecular weight excluding hydrogens is 256 g/mol. The first-order valence-electron chi connectivity index (χ1n) is 7.56. The van der Waals surface area contributed by atoms with Gasteiger partial charge in [0.05, 0.1) is 12.5 Å². The Kier molecular flexibility index (Phi) is 8.51. The summed E-state index contributed by atoms with van der Waals surface area (Å²) < 4.78 is 5.04. The van der Waals surface area contributed by atoms with E-state index in [2.05, 4.69) is 13.8 Å². The molecule has 0 saturated heterocycles. The van der Waals surface area contributed by atoms with Crippen LogP contribution in [0.15, 0.2) is 0 Å². The lowest BCUT2D eigenvalue weighted by molar-refractivity contribution is -0.150. The van der Waals surface area contributed by atoms with E-state index in [-0.39, 0.29) is 24.2 Å². The number of carbonyl (C=O) groups is 2. The van der Waals surface area contributed by atoms with Gasteiger partial charge >= 0.3 is 11.9 Å². The molecule has 0 radical (unpaired) electrons. The maximum absolute atomic E-state index is 11.5. The molecule has 1 saturated carbocycles. The van der Waals surface area contributed by atoms with Crippen LogP contribution in [-0.2, 0) is 14.3 Å². The number of ether oxygens (including phenoxy) is 1. The van der Waals surface area contributed by atoms with Gasteiger partial charge in [-0.25, -0.2) is 0 Å². The molecule has 0 aromatic heterocycles. The van der Waals surface area contributed by atoms with E-state index >= 15 is 0 Å². The van der Waals surface area contributed by atoms with Crippen molar-refractivity contribution >= 4 is 11.9 Å². The topological polar surface area (TPSA) is 63.6 Å². The molecule has 0 amide bonds. The van der Waals surface area contributed by atoms with Gasteiger partial charge in [-0.3, -0.25) is 9.59 Å². The van der Waals surface area contributed by atoms with E-state index in [0.717, 1.165) is 19.3 Å². The van der Waals surface area contributed by atoms with Gasteiger partial charge in [0.2, 0.25) is 0 Å². The van der Waals surface area contributed by atoms with Gasteiger partial charge in [-0.05, 0) is 37.5 Å². The summed E-state index contributed by atoms with van der Waals surface area (Å²) in [5, 5.41) is 8.08. The highest BCUT2D eigenvalue weighted by molar-refractivity contribution is 5.72. The highest BCUT2D eigenvalue weighted by atomic mass is 16.5. The van der Waals surface area contributed by atoms with Crippen molar-refractivity contribution in [2.24, 2.45) is 17.3 Å². The van der Waals surface area contributed by atoms with Crippen molar-refractivity contribution in [2.75, 3.05) is 6.61 Å². The largest absolute Gasteiger partial charge is 0.481 e. The van der Waals surface area contributed by atoms with Crippen LogP contribution in [0.25, 0.3) is 0 Å². The van der Waals surface area contributed by atoms with Crippen molar-refractivity contribution in [3.05, 3.63) is 0 Å². The molecule has 1 rings (SSSR count). The minimum absolute atomic E-state index is 0.00951. The summed E-state index contributed by atoms with van der Waals surface area (Å²) >= 11 is 0. The van der Waals surface area contributed by atoms with E-state index in [9.17, 15) is 9.59 Å². The lowest BCUT2D eigenvalue weighted by Crippen LogP contribution is -2.29. The lowest BCUT2D eigenvalue weighted by atomic mass is 9.72. The van der Waals surface area contributed by atoms with Gasteiger partial charge in [-0.1, -0.05) is 34.1 Å². The van der Waals surface area contributed by atoms with Gasteiger partial charge in [0.15, 0.2) is 0 Å². The summed E-state index contributed by atoms with van der Waals surface area (Å²) in [6.07, 6.45) is 4.69. The highest BCUT2D eigenvalue weighted by Crippen LogP contribution is 2.38.